The predicted molar refractivity (Wildman–Crippen MR) is 148 cm³/mol. The van der Waals surface area contributed by atoms with Crippen LogP contribution in [0.5, 0.6) is 0 Å². The summed E-state index contributed by atoms with van der Waals surface area (Å²) in [5, 5.41) is 18.5. The summed E-state index contributed by atoms with van der Waals surface area (Å²) in [6.45, 7) is 7.51. The summed E-state index contributed by atoms with van der Waals surface area (Å²) in [6, 6.07) is 9.61. The van der Waals surface area contributed by atoms with Gasteiger partial charge in [-0.2, -0.15) is 0 Å². The monoisotopic (exact) mass is 484 g/mol. The van der Waals surface area contributed by atoms with Crippen molar-refractivity contribution in [1.82, 2.24) is 0 Å². The molecule has 1 aromatic rings. The van der Waals surface area contributed by atoms with Crippen LogP contribution in [0.25, 0.3) is 0 Å². The van der Waals surface area contributed by atoms with E-state index in [-0.39, 0.29) is 19.1 Å². The van der Waals surface area contributed by atoms with Crippen LogP contribution < -0.4 is 0 Å². The van der Waals surface area contributed by atoms with Gasteiger partial charge in [0.05, 0.1) is 0 Å². The molecular weight excluding hydrogens is 432 g/mol. The first-order valence-electron chi connectivity index (χ1n) is 14.4. The Morgan fingerprint density at radius 2 is 1.49 bits per heavy atom. The molecule has 0 aromatic heterocycles. The van der Waals surface area contributed by atoms with Gasteiger partial charge < -0.3 is 10.2 Å². The fraction of sp³-hybridized carbons (Fsp3) is 0.719. The standard InChI is InChI=1S/C28H46O2.C4H6O/c1-2-3-4-5-22-8-12-25(13-9-22)27-16-18-28(19-17-27)26-14-10-23(11-15-26)6-7-24(20-29)21-30;1-4(2)3-5/h8-9,12-13,23-24,26-30H,2-7,10-11,14-21H2,1H3;3H,1H2,2H3. The number of carbonyl (C=O) groups is 1. The van der Waals surface area contributed by atoms with Gasteiger partial charge in [-0.05, 0) is 105 Å². The Morgan fingerprint density at radius 3 is 1.97 bits per heavy atom. The number of unbranched alkanes of at least 4 members (excludes halogenated alkanes) is 2. The lowest BCUT2D eigenvalue weighted by Gasteiger charge is -2.38. The molecule has 0 heterocycles. The first-order chi connectivity index (χ1) is 17.0. The molecule has 0 atom stereocenters. The third-order valence-corrected chi connectivity index (χ3v) is 8.55. The lowest BCUT2D eigenvalue weighted by molar-refractivity contribution is -0.104. The minimum absolute atomic E-state index is 0.100. The van der Waals surface area contributed by atoms with E-state index < -0.39 is 0 Å². The van der Waals surface area contributed by atoms with Gasteiger partial charge in [-0.3, -0.25) is 4.79 Å². The predicted octanol–water partition coefficient (Wildman–Crippen LogP) is 7.64. The Hall–Kier alpha value is -1.45. The molecule has 0 saturated heterocycles. The topological polar surface area (TPSA) is 57.5 Å². The molecule has 2 N–H and O–H groups in total. The molecule has 35 heavy (non-hydrogen) atoms. The largest absolute Gasteiger partial charge is 0.396 e. The summed E-state index contributed by atoms with van der Waals surface area (Å²) < 4.78 is 0. The number of benzene rings is 1. The van der Waals surface area contributed by atoms with E-state index in [0.29, 0.717) is 5.57 Å². The van der Waals surface area contributed by atoms with Gasteiger partial charge in [0, 0.05) is 19.1 Å². The average molecular weight is 485 g/mol. The summed E-state index contributed by atoms with van der Waals surface area (Å²) in [7, 11) is 0. The maximum atomic E-state index is 9.41. The Morgan fingerprint density at radius 1 is 0.943 bits per heavy atom. The summed E-state index contributed by atoms with van der Waals surface area (Å²) in [5.41, 5.74) is 3.67. The second kappa shape index (κ2) is 17.1. The van der Waals surface area contributed by atoms with Crippen LogP contribution in [0, 0.1) is 23.7 Å². The molecule has 2 fully saturated rings. The zero-order valence-electron chi connectivity index (χ0n) is 22.6. The highest BCUT2D eigenvalue weighted by Gasteiger charge is 2.31. The van der Waals surface area contributed by atoms with E-state index in [1.165, 1.54) is 89.0 Å². The Kier molecular flexibility index (Phi) is 14.5. The van der Waals surface area contributed by atoms with Gasteiger partial charge in [0.25, 0.3) is 0 Å². The maximum absolute atomic E-state index is 9.41. The summed E-state index contributed by atoms with van der Waals surface area (Å²) in [6.07, 6.45) is 19.3. The van der Waals surface area contributed by atoms with Crippen LogP contribution in [0.1, 0.15) is 114 Å². The molecule has 0 spiro atoms. The number of aliphatic hydroxyl groups is 2. The van der Waals surface area contributed by atoms with E-state index in [1.807, 2.05) is 0 Å². The molecule has 0 unspecified atom stereocenters. The van der Waals surface area contributed by atoms with E-state index in [1.54, 1.807) is 12.5 Å². The Balaban J connectivity index is 0.000000784. The van der Waals surface area contributed by atoms with E-state index in [9.17, 15) is 15.0 Å². The van der Waals surface area contributed by atoms with E-state index in [0.717, 1.165) is 36.4 Å². The van der Waals surface area contributed by atoms with Crippen LogP contribution in [0.15, 0.2) is 36.4 Å². The summed E-state index contributed by atoms with van der Waals surface area (Å²) in [4.78, 5) is 9.41. The zero-order chi connectivity index (χ0) is 25.5. The van der Waals surface area contributed by atoms with Crippen molar-refractivity contribution in [3.8, 4) is 0 Å². The van der Waals surface area contributed by atoms with Crippen LogP contribution in [0.4, 0.5) is 0 Å². The Bertz CT molecular complexity index is 690. The highest BCUT2D eigenvalue weighted by molar-refractivity contribution is 5.70. The molecule has 3 rings (SSSR count). The van der Waals surface area contributed by atoms with Gasteiger partial charge in [-0.1, -0.05) is 69.9 Å². The number of hydrogen-bond acceptors (Lipinski definition) is 3. The third kappa shape index (κ3) is 11.0. The SMILES string of the molecule is C=C(C)C=O.CCCCCc1ccc(C2CCC(C3CCC(CCC(CO)CO)CC3)CC2)cc1. The highest BCUT2D eigenvalue weighted by atomic mass is 16.3. The summed E-state index contributed by atoms with van der Waals surface area (Å²) >= 11 is 0. The molecule has 198 valence electrons. The maximum Gasteiger partial charge on any atom is 0.145 e. The van der Waals surface area contributed by atoms with Crippen molar-refractivity contribution in [3.63, 3.8) is 0 Å². The molecule has 2 saturated carbocycles. The molecule has 0 radical (unpaired) electrons. The third-order valence-electron chi connectivity index (χ3n) is 8.55. The van der Waals surface area contributed by atoms with Crippen molar-refractivity contribution >= 4 is 6.29 Å². The van der Waals surface area contributed by atoms with Crippen molar-refractivity contribution in [2.24, 2.45) is 23.7 Å². The van der Waals surface area contributed by atoms with Crippen molar-refractivity contribution in [1.29, 1.82) is 0 Å². The van der Waals surface area contributed by atoms with Gasteiger partial charge in [-0.25, -0.2) is 0 Å². The number of hydrogen-bond donors (Lipinski definition) is 2. The first kappa shape index (κ1) is 29.8. The molecule has 3 nitrogen and oxygen atoms in total. The van der Waals surface area contributed by atoms with E-state index >= 15 is 0 Å². The number of aliphatic hydroxyl groups excluding tert-OH is 2. The lowest BCUT2D eigenvalue weighted by Crippen LogP contribution is -2.25. The number of carbonyl (C=O) groups excluding carboxylic acids is 1. The molecule has 0 aliphatic heterocycles. The van der Waals surface area contributed by atoms with E-state index in [4.69, 9.17) is 0 Å². The van der Waals surface area contributed by atoms with Crippen LogP contribution in [0.2, 0.25) is 0 Å². The molecule has 0 amide bonds. The zero-order valence-corrected chi connectivity index (χ0v) is 22.6. The quantitative estimate of drug-likeness (QED) is 0.182. The normalized spacial score (nSPS) is 24.5. The molecule has 0 bridgehead atoms. The number of rotatable bonds is 12. The fourth-order valence-electron chi connectivity index (χ4n) is 6.12. The second-order valence-corrected chi connectivity index (χ2v) is 11.4. The molecule has 1 aromatic carbocycles. The summed E-state index contributed by atoms with van der Waals surface area (Å²) in [5.74, 6) is 3.63. The van der Waals surface area contributed by atoms with Crippen LogP contribution >= 0.6 is 0 Å². The number of allylic oxidation sites excluding steroid dienone is 1. The van der Waals surface area contributed by atoms with Crippen molar-refractivity contribution in [2.45, 2.75) is 110 Å². The smallest absolute Gasteiger partial charge is 0.145 e. The van der Waals surface area contributed by atoms with Crippen LogP contribution in [0.3, 0.4) is 0 Å². The minimum Gasteiger partial charge on any atom is -0.396 e. The first-order valence-corrected chi connectivity index (χ1v) is 14.4. The molecule has 2 aliphatic rings. The van der Waals surface area contributed by atoms with Gasteiger partial charge in [0.15, 0.2) is 0 Å². The molecule has 2 aliphatic carbocycles. The van der Waals surface area contributed by atoms with Crippen molar-refractivity contribution in [2.75, 3.05) is 13.2 Å². The lowest BCUT2D eigenvalue weighted by atomic mass is 9.68. The van der Waals surface area contributed by atoms with Crippen LogP contribution in [-0.4, -0.2) is 29.7 Å². The van der Waals surface area contributed by atoms with Gasteiger partial charge in [0.1, 0.15) is 6.29 Å². The second-order valence-electron chi connectivity index (χ2n) is 11.4. The van der Waals surface area contributed by atoms with Gasteiger partial charge >= 0.3 is 0 Å². The van der Waals surface area contributed by atoms with Crippen molar-refractivity contribution < 1.29 is 15.0 Å². The number of aryl methyl sites for hydroxylation is 1. The number of aldehydes is 1. The molecule has 3 heteroatoms. The van der Waals surface area contributed by atoms with Crippen LogP contribution in [-0.2, 0) is 11.2 Å². The van der Waals surface area contributed by atoms with E-state index in [2.05, 4.69) is 37.8 Å². The van der Waals surface area contributed by atoms with Gasteiger partial charge in [0.2, 0.25) is 0 Å². The van der Waals surface area contributed by atoms with Gasteiger partial charge in [-0.15, -0.1) is 0 Å². The minimum atomic E-state index is 0.100. The molecular formula is C32H52O3. The average Bonchev–Trinajstić information content (AvgIpc) is 2.90. The van der Waals surface area contributed by atoms with Crippen molar-refractivity contribution in [3.05, 3.63) is 47.5 Å². The fourth-order valence-corrected chi connectivity index (χ4v) is 6.12. The Labute approximate surface area is 215 Å². The highest BCUT2D eigenvalue weighted by Crippen LogP contribution is 2.44.